The van der Waals surface area contributed by atoms with Crippen molar-refractivity contribution in [2.45, 2.75) is 6.92 Å². The maximum absolute atomic E-state index is 12.3. The van der Waals surface area contributed by atoms with Crippen LogP contribution < -0.4 is 5.32 Å². The molecule has 0 saturated carbocycles. The average Bonchev–Trinajstić information content (AvgIpc) is 3.13. The Morgan fingerprint density at radius 3 is 2.76 bits per heavy atom. The van der Waals surface area contributed by atoms with Crippen LogP contribution in [0.15, 0.2) is 55.1 Å². The number of anilines is 1. The average molecular weight is 337 g/mol. The number of hydrogen-bond donors (Lipinski definition) is 1. The molecule has 0 aliphatic rings. The van der Waals surface area contributed by atoms with E-state index in [1.54, 1.807) is 43.5 Å². The fourth-order valence-electron chi connectivity index (χ4n) is 2.15. The van der Waals surface area contributed by atoms with Crippen LogP contribution in [0.1, 0.15) is 27.9 Å². The van der Waals surface area contributed by atoms with E-state index in [1.165, 1.54) is 23.3 Å². The topological polar surface area (TPSA) is 99.0 Å². The van der Waals surface area contributed by atoms with Crippen molar-refractivity contribution < 1.29 is 14.3 Å². The van der Waals surface area contributed by atoms with Gasteiger partial charge in [-0.1, -0.05) is 12.1 Å². The van der Waals surface area contributed by atoms with Gasteiger partial charge in [-0.25, -0.2) is 14.5 Å². The smallest absolute Gasteiger partial charge is 0.358 e. The predicted octanol–water partition coefficient (Wildman–Crippen LogP) is 2.09. The molecule has 0 unspecified atom stereocenters. The molecule has 8 nitrogen and oxygen atoms in total. The van der Waals surface area contributed by atoms with Crippen LogP contribution in [0.5, 0.6) is 0 Å². The molecule has 3 aromatic rings. The first-order chi connectivity index (χ1) is 12.2. The number of esters is 1. The summed E-state index contributed by atoms with van der Waals surface area (Å²) in [6.07, 6.45) is 5.94. The summed E-state index contributed by atoms with van der Waals surface area (Å²) < 4.78 is 6.43. The van der Waals surface area contributed by atoms with Crippen LogP contribution in [0.4, 0.5) is 5.69 Å². The molecule has 3 rings (SSSR count). The highest BCUT2D eigenvalue weighted by Crippen LogP contribution is 2.20. The number of para-hydroxylation sites is 2. The number of rotatable bonds is 5. The minimum Gasteiger partial charge on any atom is -0.461 e. The number of carbonyl (C=O) groups excluding carboxylic acids is 2. The summed E-state index contributed by atoms with van der Waals surface area (Å²) in [4.78, 5) is 31.9. The molecule has 1 N–H and O–H groups in total. The second kappa shape index (κ2) is 7.35. The van der Waals surface area contributed by atoms with Gasteiger partial charge in [0.1, 0.15) is 5.69 Å². The van der Waals surface area contributed by atoms with Crippen LogP contribution in [-0.4, -0.2) is 38.2 Å². The molecule has 1 aromatic carbocycles. The molecule has 1 amide bonds. The first-order valence-corrected chi connectivity index (χ1v) is 7.58. The Morgan fingerprint density at radius 1 is 1.16 bits per heavy atom. The summed E-state index contributed by atoms with van der Waals surface area (Å²) in [6, 6.07) is 8.65. The van der Waals surface area contributed by atoms with Gasteiger partial charge in [0.2, 0.25) is 0 Å². The van der Waals surface area contributed by atoms with E-state index >= 15 is 0 Å². The highest BCUT2D eigenvalue weighted by Gasteiger charge is 2.14. The van der Waals surface area contributed by atoms with E-state index in [0.717, 1.165) is 0 Å². The third-order valence-electron chi connectivity index (χ3n) is 3.27. The number of ether oxygens (including phenoxy) is 1. The number of carbonyl (C=O) groups is 2. The van der Waals surface area contributed by atoms with Crippen LogP contribution in [0.25, 0.3) is 5.69 Å². The number of nitrogens with one attached hydrogen (secondary N) is 1. The van der Waals surface area contributed by atoms with Crippen molar-refractivity contribution in [3.63, 3.8) is 0 Å². The first-order valence-electron chi connectivity index (χ1n) is 7.58. The minimum absolute atomic E-state index is 0.192. The number of amides is 1. The van der Waals surface area contributed by atoms with Gasteiger partial charge >= 0.3 is 5.97 Å². The van der Waals surface area contributed by atoms with Gasteiger partial charge in [-0.15, -0.1) is 0 Å². The highest BCUT2D eigenvalue weighted by atomic mass is 16.5. The van der Waals surface area contributed by atoms with Crippen molar-refractivity contribution in [3.05, 3.63) is 66.5 Å². The van der Waals surface area contributed by atoms with Crippen LogP contribution in [0.3, 0.4) is 0 Å². The zero-order valence-electron chi connectivity index (χ0n) is 13.4. The van der Waals surface area contributed by atoms with Gasteiger partial charge in [-0.05, 0) is 25.1 Å². The van der Waals surface area contributed by atoms with E-state index in [1.807, 2.05) is 0 Å². The van der Waals surface area contributed by atoms with Gasteiger partial charge in [-0.2, -0.15) is 5.10 Å². The molecule has 0 fully saturated rings. The van der Waals surface area contributed by atoms with Gasteiger partial charge in [0.25, 0.3) is 5.91 Å². The summed E-state index contributed by atoms with van der Waals surface area (Å²) in [6.45, 7) is 2.00. The van der Waals surface area contributed by atoms with Crippen molar-refractivity contribution in [1.82, 2.24) is 19.7 Å². The molecule has 0 spiro atoms. The van der Waals surface area contributed by atoms with Gasteiger partial charge in [0, 0.05) is 18.6 Å². The minimum atomic E-state index is -0.498. The van der Waals surface area contributed by atoms with Crippen LogP contribution >= 0.6 is 0 Å². The fourth-order valence-corrected chi connectivity index (χ4v) is 2.15. The molecule has 0 atom stereocenters. The van der Waals surface area contributed by atoms with E-state index < -0.39 is 11.9 Å². The molecule has 126 valence electrons. The van der Waals surface area contributed by atoms with Crippen molar-refractivity contribution in [2.24, 2.45) is 0 Å². The summed E-state index contributed by atoms with van der Waals surface area (Å²) in [5, 5.41) is 6.97. The normalized spacial score (nSPS) is 10.3. The summed E-state index contributed by atoms with van der Waals surface area (Å²) in [7, 11) is 0. The molecule has 8 heteroatoms. The van der Waals surface area contributed by atoms with Crippen LogP contribution in [0, 0.1) is 0 Å². The first kappa shape index (κ1) is 16.3. The Morgan fingerprint density at radius 2 is 2.00 bits per heavy atom. The summed E-state index contributed by atoms with van der Waals surface area (Å²) in [5.41, 5.74) is 1.52. The van der Waals surface area contributed by atoms with E-state index in [-0.39, 0.29) is 18.0 Å². The largest absolute Gasteiger partial charge is 0.461 e. The lowest BCUT2D eigenvalue weighted by atomic mass is 10.2. The number of nitrogens with zero attached hydrogens (tertiary/aromatic N) is 4. The lowest BCUT2D eigenvalue weighted by Crippen LogP contribution is -2.15. The summed E-state index contributed by atoms with van der Waals surface area (Å²) >= 11 is 0. The van der Waals surface area contributed by atoms with Gasteiger partial charge in [0.05, 0.1) is 24.2 Å². The SMILES string of the molecule is CCOC(=O)c1ccn(-c2ccccc2NC(=O)c2cnccn2)n1. The van der Waals surface area contributed by atoms with Crippen LogP contribution in [-0.2, 0) is 4.74 Å². The van der Waals surface area contributed by atoms with E-state index in [4.69, 9.17) is 4.74 Å². The number of hydrogen-bond acceptors (Lipinski definition) is 6. The van der Waals surface area contributed by atoms with Gasteiger partial charge < -0.3 is 10.1 Å². The second-order valence-electron chi connectivity index (χ2n) is 4.93. The quantitative estimate of drug-likeness (QED) is 0.716. The molecular formula is C17H15N5O3. The summed E-state index contributed by atoms with van der Waals surface area (Å²) in [5.74, 6) is -0.888. The molecular weight excluding hydrogens is 322 g/mol. The Hall–Kier alpha value is -3.55. The van der Waals surface area contributed by atoms with Crippen molar-refractivity contribution in [1.29, 1.82) is 0 Å². The van der Waals surface area contributed by atoms with E-state index in [9.17, 15) is 9.59 Å². The van der Waals surface area contributed by atoms with Gasteiger partial charge in [-0.3, -0.25) is 9.78 Å². The molecule has 0 bridgehead atoms. The zero-order valence-corrected chi connectivity index (χ0v) is 13.4. The molecule has 0 saturated heterocycles. The molecule has 0 radical (unpaired) electrons. The van der Waals surface area contributed by atoms with Crippen molar-refractivity contribution >= 4 is 17.6 Å². The standard InChI is InChI=1S/C17H15N5O3/c1-2-25-17(24)13-7-10-22(21-13)15-6-4-3-5-12(15)20-16(23)14-11-18-8-9-19-14/h3-11H,2H2,1H3,(H,20,23). The van der Waals surface area contributed by atoms with E-state index in [2.05, 4.69) is 20.4 Å². The highest BCUT2D eigenvalue weighted by molar-refractivity contribution is 6.03. The lowest BCUT2D eigenvalue weighted by molar-refractivity contribution is 0.0519. The molecule has 0 aliphatic carbocycles. The maximum atomic E-state index is 12.3. The van der Waals surface area contributed by atoms with Crippen molar-refractivity contribution in [3.8, 4) is 5.69 Å². The second-order valence-corrected chi connectivity index (χ2v) is 4.93. The van der Waals surface area contributed by atoms with Crippen LogP contribution in [0.2, 0.25) is 0 Å². The van der Waals surface area contributed by atoms with Gasteiger partial charge in [0.15, 0.2) is 5.69 Å². The number of aromatic nitrogens is 4. The molecule has 25 heavy (non-hydrogen) atoms. The number of benzene rings is 1. The Labute approximate surface area is 143 Å². The fraction of sp³-hybridized carbons (Fsp3) is 0.118. The third kappa shape index (κ3) is 3.69. The van der Waals surface area contributed by atoms with E-state index in [0.29, 0.717) is 11.4 Å². The predicted molar refractivity (Wildman–Crippen MR) is 89.5 cm³/mol. The molecule has 2 aromatic heterocycles. The third-order valence-corrected chi connectivity index (χ3v) is 3.27. The lowest BCUT2D eigenvalue weighted by Gasteiger charge is -2.10. The monoisotopic (exact) mass is 337 g/mol. The maximum Gasteiger partial charge on any atom is 0.358 e. The Kier molecular flexibility index (Phi) is 4.79. The zero-order chi connectivity index (χ0) is 17.6. The molecule has 2 heterocycles. The Balaban J connectivity index is 1.86. The molecule has 0 aliphatic heterocycles. The van der Waals surface area contributed by atoms with Crippen molar-refractivity contribution in [2.75, 3.05) is 11.9 Å². The Bertz CT molecular complexity index is 892.